The third-order valence-electron chi connectivity index (χ3n) is 3.62. The Balaban J connectivity index is 3.28. The lowest BCUT2D eigenvalue weighted by Gasteiger charge is -2.29. The summed E-state index contributed by atoms with van der Waals surface area (Å²) in [4.78, 5) is 0.392. The number of nitrogens with two attached hydrogens (primary N) is 1. The zero-order chi connectivity index (χ0) is 15.3. The largest absolute Gasteiger partial charge is 0.329 e. The first-order valence-electron chi connectivity index (χ1n) is 7.17. The fourth-order valence-corrected chi connectivity index (χ4v) is 4.53. The molecule has 1 aromatic rings. The quantitative estimate of drug-likeness (QED) is 0.841. The molecule has 20 heavy (non-hydrogen) atoms. The topological polar surface area (TPSA) is 63.4 Å². The van der Waals surface area contributed by atoms with Gasteiger partial charge in [0.05, 0.1) is 4.90 Å². The van der Waals surface area contributed by atoms with Crippen LogP contribution in [0.5, 0.6) is 0 Å². The summed E-state index contributed by atoms with van der Waals surface area (Å²) in [6, 6.07) is 5.45. The van der Waals surface area contributed by atoms with Crippen LogP contribution in [-0.4, -0.2) is 31.9 Å². The fraction of sp³-hybridized carbons (Fsp3) is 0.600. The predicted molar refractivity (Wildman–Crippen MR) is 83.2 cm³/mol. The van der Waals surface area contributed by atoms with Gasteiger partial charge in [0.25, 0.3) is 0 Å². The molecule has 0 saturated carbocycles. The molecule has 0 atom stereocenters. The predicted octanol–water partition coefficient (Wildman–Crippen LogP) is 2.44. The molecule has 0 heterocycles. The van der Waals surface area contributed by atoms with Crippen LogP contribution in [0.1, 0.15) is 37.8 Å². The molecule has 4 nitrogen and oxygen atoms in total. The second-order valence-corrected chi connectivity index (χ2v) is 7.00. The molecule has 5 heteroatoms. The van der Waals surface area contributed by atoms with Crippen LogP contribution in [-0.2, 0) is 10.0 Å². The van der Waals surface area contributed by atoms with E-state index in [2.05, 4.69) is 0 Å². The molecule has 0 spiro atoms. The molecule has 0 fully saturated rings. The maximum Gasteiger partial charge on any atom is 0.243 e. The Morgan fingerprint density at radius 2 is 1.80 bits per heavy atom. The van der Waals surface area contributed by atoms with Crippen LogP contribution in [0, 0.1) is 13.8 Å². The van der Waals surface area contributed by atoms with Crippen molar-refractivity contribution in [2.24, 2.45) is 5.73 Å². The summed E-state index contributed by atoms with van der Waals surface area (Å²) in [6.07, 6.45) is 1.58. The van der Waals surface area contributed by atoms with E-state index in [1.165, 1.54) is 0 Å². The van der Waals surface area contributed by atoms with E-state index in [4.69, 9.17) is 5.73 Å². The van der Waals surface area contributed by atoms with Gasteiger partial charge in [0, 0.05) is 19.1 Å². The average molecular weight is 298 g/mol. The van der Waals surface area contributed by atoms with E-state index in [1.54, 1.807) is 10.4 Å². The minimum atomic E-state index is -3.48. The Hall–Kier alpha value is -0.910. The van der Waals surface area contributed by atoms with Gasteiger partial charge in [-0.3, -0.25) is 0 Å². The van der Waals surface area contributed by atoms with Crippen molar-refractivity contribution < 1.29 is 8.42 Å². The van der Waals surface area contributed by atoms with Gasteiger partial charge in [-0.2, -0.15) is 4.31 Å². The van der Waals surface area contributed by atoms with Crippen LogP contribution in [0.2, 0.25) is 0 Å². The van der Waals surface area contributed by atoms with Crippen LogP contribution in [0.3, 0.4) is 0 Å². The standard InChI is InChI=1S/C15H26N2O2S/c1-5-14(6-2)17(10-9-16)20(18,19)15-8-7-12(3)11-13(15)4/h7-8,11,14H,5-6,9-10,16H2,1-4H3. The van der Waals surface area contributed by atoms with Crippen LogP contribution in [0.15, 0.2) is 23.1 Å². The maximum absolute atomic E-state index is 12.9. The van der Waals surface area contributed by atoms with Gasteiger partial charge in [-0.15, -0.1) is 0 Å². The second kappa shape index (κ2) is 7.20. The Labute approximate surface area is 123 Å². The monoisotopic (exact) mass is 298 g/mol. The second-order valence-electron chi connectivity index (χ2n) is 5.14. The zero-order valence-corrected chi connectivity index (χ0v) is 13.7. The van der Waals surface area contributed by atoms with Crippen molar-refractivity contribution in [1.82, 2.24) is 4.31 Å². The van der Waals surface area contributed by atoms with Crippen LogP contribution >= 0.6 is 0 Å². The van der Waals surface area contributed by atoms with Gasteiger partial charge in [0.15, 0.2) is 0 Å². The lowest BCUT2D eigenvalue weighted by molar-refractivity contribution is 0.309. The normalized spacial score (nSPS) is 12.3. The summed E-state index contributed by atoms with van der Waals surface area (Å²) >= 11 is 0. The molecule has 0 bridgehead atoms. The fourth-order valence-electron chi connectivity index (χ4n) is 2.54. The van der Waals surface area contributed by atoms with Crippen molar-refractivity contribution in [2.45, 2.75) is 51.5 Å². The smallest absolute Gasteiger partial charge is 0.243 e. The molecule has 0 aliphatic rings. The molecule has 0 unspecified atom stereocenters. The Morgan fingerprint density at radius 3 is 2.25 bits per heavy atom. The Kier molecular flexibility index (Phi) is 6.17. The summed E-state index contributed by atoms with van der Waals surface area (Å²) in [6.45, 7) is 8.52. The molecule has 1 rings (SSSR count). The van der Waals surface area contributed by atoms with Crippen molar-refractivity contribution in [3.63, 3.8) is 0 Å². The molecule has 114 valence electrons. The van der Waals surface area contributed by atoms with Crippen molar-refractivity contribution in [1.29, 1.82) is 0 Å². The SMILES string of the molecule is CCC(CC)N(CCN)S(=O)(=O)c1ccc(C)cc1C. The molecule has 0 aliphatic carbocycles. The Bertz CT molecular complexity index is 537. The molecule has 2 N–H and O–H groups in total. The number of aryl methyl sites for hydroxylation is 2. The molecule has 0 aliphatic heterocycles. The first kappa shape index (κ1) is 17.1. The summed E-state index contributed by atoms with van der Waals surface area (Å²) in [5, 5.41) is 0. The third kappa shape index (κ3) is 3.59. The van der Waals surface area contributed by atoms with Gasteiger partial charge < -0.3 is 5.73 Å². The van der Waals surface area contributed by atoms with Crippen LogP contribution in [0.25, 0.3) is 0 Å². The number of hydrogen-bond acceptors (Lipinski definition) is 3. The number of hydrogen-bond donors (Lipinski definition) is 1. The molecule has 0 amide bonds. The highest BCUT2D eigenvalue weighted by Crippen LogP contribution is 2.24. The van der Waals surface area contributed by atoms with Gasteiger partial charge in [0.2, 0.25) is 10.0 Å². The molecule has 0 aromatic heterocycles. The maximum atomic E-state index is 12.9. The number of rotatable bonds is 7. The van der Waals surface area contributed by atoms with Gasteiger partial charge in [-0.1, -0.05) is 31.5 Å². The summed E-state index contributed by atoms with van der Waals surface area (Å²) < 4.78 is 27.3. The van der Waals surface area contributed by atoms with Crippen molar-refractivity contribution in [2.75, 3.05) is 13.1 Å². The third-order valence-corrected chi connectivity index (χ3v) is 5.73. The molecular formula is C15H26N2O2S. The summed E-state index contributed by atoms with van der Waals surface area (Å²) in [5.41, 5.74) is 7.46. The molecule has 0 saturated heterocycles. The highest BCUT2D eigenvalue weighted by Gasteiger charge is 2.30. The van der Waals surface area contributed by atoms with Crippen LogP contribution in [0.4, 0.5) is 0 Å². The highest BCUT2D eigenvalue weighted by molar-refractivity contribution is 7.89. The van der Waals surface area contributed by atoms with Gasteiger partial charge in [0.1, 0.15) is 0 Å². The van der Waals surface area contributed by atoms with Crippen LogP contribution < -0.4 is 5.73 Å². The number of nitrogens with zero attached hydrogens (tertiary/aromatic N) is 1. The van der Waals surface area contributed by atoms with E-state index in [9.17, 15) is 8.42 Å². The molecule has 1 aromatic carbocycles. The first-order valence-corrected chi connectivity index (χ1v) is 8.61. The first-order chi connectivity index (χ1) is 9.38. The van der Waals surface area contributed by atoms with Gasteiger partial charge >= 0.3 is 0 Å². The van der Waals surface area contributed by atoms with E-state index < -0.39 is 10.0 Å². The van der Waals surface area contributed by atoms with Gasteiger partial charge in [-0.05, 0) is 38.3 Å². The average Bonchev–Trinajstić information content (AvgIpc) is 2.38. The van der Waals surface area contributed by atoms with Gasteiger partial charge in [-0.25, -0.2) is 8.42 Å². The number of benzene rings is 1. The number of sulfonamides is 1. The van der Waals surface area contributed by atoms with E-state index in [0.29, 0.717) is 18.0 Å². The van der Waals surface area contributed by atoms with E-state index in [1.807, 2.05) is 39.8 Å². The summed E-state index contributed by atoms with van der Waals surface area (Å²) in [5.74, 6) is 0. The lowest BCUT2D eigenvalue weighted by atomic mass is 10.2. The Morgan fingerprint density at radius 1 is 1.20 bits per heavy atom. The van der Waals surface area contributed by atoms with Crippen molar-refractivity contribution >= 4 is 10.0 Å². The minimum absolute atomic E-state index is 0.00394. The van der Waals surface area contributed by atoms with E-state index in [0.717, 1.165) is 24.0 Å². The van der Waals surface area contributed by atoms with E-state index >= 15 is 0 Å². The van der Waals surface area contributed by atoms with Crippen molar-refractivity contribution in [3.8, 4) is 0 Å². The highest BCUT2D eigenvalue weighted by atomic mass is 32.2. The molecule has 0 radical (unpaired) electrons. The van der Waals surface area contributed by atoms with E-state index in [-0.39, 0.29) is 6.04 Å². The minimum Gasteiger partial charge on any atom is -0.329 e. The molecular weight excluding hydrogens is 272 g/mol. The summed E-state index contributed by atoms with van der Waals surface area (Å²) in [7, 11) is -3.48. The lowest BCUT2D eigenvalue weighted by Crippen LogP contribution is -2.42. The zero-order valence-electron chi connectivity index (χ0n) is 12.9. The van der Waals surface area contributed by atoms with Crippen molar-refractivity contribution in [3.05, 3.63) is 29.3 Å².